The van der Waals surface area contributed by atoms with E-state index in [1.54, 1.807) is 12.3 Å². The monoisotopic (exact) mass is 343 g/mol. The molecule has 1 aromatic carbocycles. The average molecular weight is 343 g/mol. The zero-order valence-corrected chi connectivity index (χ0v) is 14.1. The van der Waals surface area contributed by atoms with E-state index in [1.165, 1.54) is 6.07 Å². The van der Waals surface area contributed by atoms with Crippen molar-refractivity contribution >= 4 is 6.03 Å². The molecule has 2 aromatic rings. The molecule has 0 saturated carbocycles. The van der Waals surface area contributed by atoms with Gasteiger partial charge in [-0.3, -0.25) is 4.68 Å². The first kappa shape index (κ1) is 16.1. The van der Waals surface area contributed by atoms with Crippen LogP contribution in [-0.4, -0.2) is 39.0 Å². The Balaban J connectivity index is 1.31. The molecule has 4 rings (SSSR count). The van der Waals surface area contributed by atoms with Gasteiger partial charge in [-0.1, -0.05) is 17.3 Å². The number of urea groups is 1. The zero-order chi connectivity index (χ0) is 17.2. The van der Waals surface area contributed by atoms with Crippen molar-refractivity contribution in [2.75, 3.05) is 13.1 Å². The Kier molecular flexibility index (Phi) is 4.38. The van der Waals surface area contributed by atoms with Crippen LogP contribution in [0.1, 0.15) is 36.4 Å². The fourth-order valence-electron chi connectivity index (χ4n) is 3.91. The Morgan fingerprint density at radius 2 is 2.12 bits per heavy atom. The van der Waals surface area contributed by atoms with E-state index in [0.29, 0.717) is 12.3 Å². The van der Waals surface area contributed by atoms with Gasteiger partial charge in [0.15, 0.2) is 0 Å². The lowest BCUT2D eigenvalue weighted by molar-refractivity contribution is 0.161. The Labute approximate surface area is 146 Å². The van der Waals surface area contributed by atoms with Crippen molar-refractivity contribution < 1.29 is 9.18 Å². The fraction of sp³-hybridized carbons (Fsp3) is 0.500. The second-order valence-electron chi connectivity index (χ2n) is 6.90. The van der Waals surface area contributed by atoms with E-state index < -0.39 is 0 Å². The maximum absolute atomic E-state index is 13.8. The van der Waals surface area contributed by atoms with Crippen molar-refractivity contribution in [3.8, 4) is 0 Å². The van der Waals surface area contributed by atoms with E-state index in [-0.39, 0.29) is 17.9 Å². The van der Waals surface area contributed by atoms with Gasteiger partial charge in [0.1, 0.15) is 5.82 Å². The highest BCUT2D eigenvalue weighted by atomic mass is 19.1. The largest absolute Gasteiger partial charge is 0.331 e. The summed E-state index contributed by atoms with van der Waals surface area (Å²) in [6.45, 7) is 2.34. The number of carbonyl (C=O) groups excluding carboxylic acids is 1. The van der Waals surface area contributed by atoms with Crippen LogP contribution in [0.2, 0.25) is 0 Å². The summed E-state index contributed by atoms with van der Waals surface area (Å²) in [5.74, 6) is 0.357. The summed E-state index contributed by atoms with van der Waals surface area (Å²) in [5.41, 5.74) is 1.67. The Morgan fingerprint density at radius 1 is 1.28 bits per heavy atom. The molecule has 0 spiro atoms. The maximum Gasteiger partial charge on any atom is 0.317 e. The molecule has 1 fully saturated rings. The van der Waals surface area contributed by atoms with Gasteiger partial charge in [-0.25, -0.2) is 9.18 Å². The van der Waals surface area contributed by atoms with Gasteiger partial charge in [0.25, 0.3) is 0 Å². The number of piperidine rings is 1. The lowest BCUT2D eigenvalue weighted by Crippen LogP contribution is -2.45. The number of carbonyl (C=O) groups is 1. The molecule has 132 valence electrons. The molecule has 2 amide bonds. The first-order valence-corrected chi connectivity index (χ1v) is 8.87. The number of amides is 2. The summed E-state index contributed by atoms with van der Waals surface area (Å²) in [4.78, 5) is 14.4. The first-order chi connectivity index (χ1) is 12.2. The molecule has 7 heteroatoms. The van der Waals surface area contributed by atoms with Crippen molar-refractivity contribution in [1.82, 2.24) is 25.2 Å². The standard InChI is InChI=1S/C18H22FN5O/c19-16-3-1-2-15-14(16)4-5-17(15)21-18(25)23-9-6-13(7-10-23)12-24-11-8-20-22-24/h1-3,8,11,13,17H,4-7,9-10,12H2,(H,21,25). The number of benzene rings is 1. The van der Waals surface area contributed by atoms with E-state index >= 15 is 0 Å². The molecule has 6 nitrogen and oxygen atoms in total. The molecule has 1 aliphatic carbocycles. The first-order valence-electron chi connectivity index (χ1n) is 8.87. The molecule has 0 radical (unpaired) electrons. The van der Waals surface area contributed by atoms with Gasteiger partial charge >= 0.3 is 6.03 Å². The zero-order valence-electron chi connectivity index (χ0n) is 14.1. The van der Waals surface area contributed by atoms with Crippen LogP contribution in [0.5, 0.6) is 0 Å². The van der Waals surface area contributed by atoms with Crippen LogP contribution in [0.3, 0.4) is 0 Å². The van der Waals surface area contributed by atoms with Crippen molar-refractivity contribution in [3.63, 3.8) is 0 Å². The van der Waals surface area contributed by atoms with Gasteiger partial charge in [-0.15, -0.1) is 5.10 Å². The summed E-state index contributed by atoms with van der Waals surface area (Å²) in [7, 11) is 0. The number of nitrogens with one attached hydrogen (secondary N) is 1. The topological polar surface area (TPSA) is 63.1 Å². The SMILES string of the molecule is O=C(NC1CCc2c(F)cccc21)N1CCC(Cn2ccnn2)CC1. The van der Waals surface area contributed by atoms with E-state index in [4.69, 9.17) is 0 Å². The number of halogens is 1. The van der Waals surface area contributed by atoms with E-state index in [2.05, 4.69) is 15.6 Å². The molecule has 1 N–H and O–H groups in total. The van der Waals surface area contributed by atoms with Crippen molar-refractivity contribution in [2.24, 2.45) is 5.92 Å². The number of rotatable bonds is 3. The Hall–Kier alpha value is -2.44. The van der Waals surface area contributed by atoms with E-state index in [0.717, 1.165) is 50.0 Å². The van der Waals surface area contributed by atoms with Crippen LogP contribution in [0.25, 0.3) is 0 Å². The molecular weight excluding hydrogens is 321 g/mol. The molecular formula is C18H22FN5O. The third kappa shape index (κ3) is 3.36. The van der Waals surface area contributed by atoms with Crippen molar-refractivity contribution in [3.05, 3.63) is 47.5 Å². The van der Waals surface area contributed by atoms with Gasteiger partial charge in [0.05, 0.1) is 12.2 Å². The summed E-state index contributed by atoms with van der Waals surface area (Å²) in [6, 6.07) is 5.00. The predicted octanol–water partition coefficient (Wildman–Crippen LogP) is 2.53. The molecule has 1 atom stereocenters. The van der Waals surface area contributed by atoms with Gasteiger partial charge in [0.2, 0.25) is 0 Å². The van der Waals surface area contributed by atoms with Crippen LogP contribution in [0, 0.1) is 11.7 Å². The average Bonchev–Trinajstić information content (AvgIpc) is 3.27. The quantitative estimate of drug-likeness (QED) is 0.931. The molecule has 1 saturated heterocycles. The van der Waals surface area contributed by atoms with Crippen molar-refractivity contribution in [2.45, 2.75) is 38.3 Å². The molecule has 2 heterocycles. The van der Waals surface area contributed by atoms with Crippen LogP contribution in [0.4, 0.5) is 9.18 Å². The normalized spacial score (nSPS) is 20.5. The summed E-state index contributed by atoms with van der Waals surface area (Å²) in [5, 5.41) is 10.9. The number of fused-ring (bicyclic) bond motifs is 1. The van der Waals surface area contributed by atoms with E-state index in [9.17, 15) is 9.18 Å². The van der Waals surface area contributed by atoms with Crippen LogP contribution >= 0.6 is 0 Å². The van der Waals surface area contributed by atoms with E-state index in [1.807, 2.05) is 21.8 Å². The molecule has 1 aliphatic heterocycles. The van der Waals surface area contributed by atoms with Crippen LogP contribution in [-0.2, 0) is 13.0 Å². The molecule has 0 bridgehead atoms. The smallest absolute Gasteiger partial charge is 0.317 e. The minimum absolute atomic E-state index is 0.0404. The van der Waals surface area contributed by atoms with Gasteiger partial charge in [-0.2, -0.15) is 0 Å². The number of aromatic nitrogens is 3. The lowest BCUT2D eigenvalue weighted by atomic mass is 9.97. The molecule has 1 unspecified atom stereocenters. The number of hydrogen-bond donors (Lipinski definition) is 1. The highest BCUT2D eigenvalue weighted by Crippen LogP contribution is 2.33. The Morgan fingerprint density at radius 3 is 2.88 bits per heavy atom. The number of nitrogens with zero attached hydrogens (tertiary/aromatic N) is 4. The van der Waals surface area contributed by atoms with Crippen LogP contribution < -0.4 is 5.32 Å². The molecule has 1 aromatic heterocycles. The molecule has 25 heavy (non-hydrogen) atoms. The second-order valence-corrected chi connectivity index (χ2v) is 6.90. The number of hydrogen-bond acceptors (Lipinski definition) is 3. The van der Waals surface area contributed by atoms with Crippen molar-refractivity contribution in [1.29, 1.82) is 0 Å². The minimum Gasteiger partial charge on any atom is -0.331 e. The van der Waals surface area contributed by atoms with Gasteiger partial charge in [0, 0.05) is 25.8 Å². The van der Waals surface area contributed by atoms with Crippen LogP contribution in [0.15, 0.2) is 30.6 Å². The lowest BCUT2D eigenvalue weighted by Gasteiger charge is -2.32. The highest BCUT2D eigenvalue weighted by Gasteiger charge is 2.29. The minimum atomic E-state index is -0.164. The molecule has 2 aliphatic rings. The summed E-state index contributed by atoms with van der Waals surface area (Å²) >= 11 is 0. The highest BCUT2D eigenvalue weighted by molar-refractivity contribution is 5.75. The summed E-state index contributed by atoms with van der Waals surface area (Å²) < 4.78 is 15.7. The summed E-state index contributed by atoms with van der Waals surface area (Å²) in [6.07, 6.45) is 6.94. The van der Waals surface area contributed by atoms with Gasteiger partial charge in [-0.05, 0) is 48.8 Å². The van der Waals surface area contributed by atoms with Gasteiger partial charge < -0.3 is 10.2 Å². The third-order valence-electron chi connectivity index (χ3n) is 5.33. The second kappa shape index (κ2) is 6.82. The number of likely N-dealkylation sites (tertiary alicyclic amines) is 1. The Bertz CT molecular complexity index is 740. The maximum atomic E-state index is 13.8. The third-order valence-corrected chi connectivity index (χ3v) is 5.33. The fourth-order valence-corrected chi connectivity index (χ4v) is 3.91. The predicted molar refractivity (Wildman–Crippen MR) is 90.3 cm³/mol.